The van der Waals surface area contributed by atoms with E-state index in [0.29, 0.717) is 0 Å². The molecule has 0 spiro atoms. The minimum Gasteiger partial charge on any atom is -0.380 e. The van der Waals surface area contributed by atoms with Crippen molar-refractivity contribution >= 4 is 17.4 Å². The first-order valence-corrected chi connectivity index (χ1v) is 8.47. The topological polar surface area (TPSA) is 23.5 Å². The molecule has 2 atom stereocenters. The predicted octanol–water partition coefficient (Wildman–Crippen LogP) is 4.24. The molecule has 0 aliphatic carbocycles. The van der Waals surface area contributed by atoms with Gasteiger partial charge in [0.05, 0.1) is 0 Å². The number of benzene rings is 1. The van der Waals surface area contributed by atoms with E-state index in [1.54, 1.807) is 11.3 Å². The molecule has 2 unspecified atom stereocenters. The molecule has 0 radical (unpaired) electrons. The van der Waals surface area contributed by atoms with Crippen LogP contribution in [-0.4, -0.2) is 30.6 Å². The average Bonchev–Trinajstić information content (AvgIpc) is 3.01. The summed E-state index contributed by atoms with van der Waals surface area (Å²) in [5.41, 5.74) is 1.16. The number of rotatable bonds is 6. The Morgan fingerprint density at radius 1 is 1.23 bits per heavy atom. The summed E-state index contributed by atoms with van der Waals surface area (Å²) in [5.74, 6) is 0.0983. The Morgan fingerprint density at radius 3 is 2.45 bits per heavy atom. The molecule has 0 saturated carbocycles. The van der Waals surface area contributed by atoms with Crippen LogP contribution < -0.4 is 0 Å². The molecule has 3 heteroatoms. The van der Waals surface area contributed by atoms with E-state index in [4.69, 9.17) is 0 Å². The molecule has 2 aromatic rings. The molecule has 1 aromatic heterocycles. The highest BCUT2D eigenvalue weighted by Crippen LogP contribution is 2.40. The summed E-state index contributed by atoms with van der Waals surface area (Å²) in [4.78, 5) is 3.13. The molecule has 0 aliphatic heterocycles. The van der Waals surface area contributed by atoms with Crippen molar-refractivity contribution in [2.24, 2.45) is 5.92 Å². The molecule has 2 nitrogen and oxygen atoms in total. The van der Waals surface area contributed by atoms with Gasteiger partial charge in [-0.05, 0) is 43.6 Å². The van der Waals surface area contributed by atoms with Crippen LogP contribution in [0.2, 0.25) is 0 Å². The number of nitrogens with zero attached hydrogens (tertiary/aromatic N) is 1. The van der Waals surface area contributed by atoms with Crippen molar-refractivity contribution in [3.05, 3.63) is 63.9 Å². The lowest BCUT2D eigenvalue weighted by Crippen LogP contribution is -2.39. The number of hydrogen-bond donors (Lipinski definition) is 1. The van der Waals surface area contributed by atoms with Crippen molar-refractivity contribution in [1.82, 2.24) is 4.90 Å². The lowest BCUT2D eigenvalue weighted by molar-refractivity contribution is 0.0138. The van der Waals surface area contributed by atoms with E-state index in [0.717, 1.165) is 22.6 Å². The Labute approximate surface area is 137 Å². The number of hydrogen-bond acceptors (Lipinski definition) is 3. The Morgan fingerprint density at radius 2 is 1.91 bits per heavy atom. The van der Waals surface area contributed by atoms with Gasteiger partial charge in [0.25, 0.3) is 0 Å². The highest BCUT2D eigenvalue weighted by atomic mass is 32.1. The van der Waals surface area contributed by atoms with E-state index in [9.17, 15) is 5.11 Å². The fourth-order valence-electron chi connectivity index (χ4n) is 2.91. The molecule has 1 aromatic carbocycles. The zero-order valence-electron chi connectivity index (χ0n) is 13.8. The Balaban J connectivity index is 2.42. The normalized spacial score (nSPS) is 16.5. The third-order valence-electron chi connectivity index (χ3n) is 4.03. The van der Waals surface area contributed by atoms with Gasteiger partial charge in [-0.1, -0.05) is 49.4 Å². The standard InChI is InChI=1S/C19H25NOS/c1-15(13-17-9-6-5-7-10-17)19(21,16(2)14-20(3)4)18-11-8-12-22-18/h5-13,16,21H,14H2,1-4H3/b15-13+. The molecular weight excluding hydrogens is 290 g/mol. The maximum Gasteiger partial charge on any atom is 0.124 e. The second-order valence-electron chi connectivity index (χ2n) is 6.15. The van der Waals surface area contributed by atoms with E-state index in [2.05, 4.69) is 30.0 Å². The average molecular weight is 315 g/mol. The fraction of sp³-hybridized carbons (Fsp3) is 0.368. The number of aliphatic hydroxyl groups is 1. The summed E-state index contributed by atoms with van der Waals surface area (Å²) in [6.07, 6.45) is 2.09. The largest absolute Gasteiger partial charge is 0.380 e. The van der Waals surface area contributed by atoms with Gasteiger partial charge < -0.3 is 10.0 Å². The summed E-state index contributed by atoms with van der Waals surface area (Å²) in [5, 5.41) is 13.6. The Bertz CT molecular complexity index is 604. The summed E-state index contributed by atoms with van der Waals surface area (Å²) in [6, 6.07) is 14.2. The first kappa shape index (κ1) is 16.9. The van der Waals surface area contributed by atoms with Gasteiger partial charge in [0.2, 0.25) is 0 Å². The van der Waals surface area contributed by atoms with Crippen molar-refractivity contribution in [1.29, 1.82) is 0 Å². The molecule has 22 heavy (non-hydrogen) atoms. The lowest BCUT2D eigenvalue weighted by Gasteiger charge is -2.36. The fourth-order valence-corrected chi connectivity index (χ4v) is 3.91. The molecule has 0 saturated heterocycles. The van der Waals surface area contributed by atoms with Crippen LogP contribution in [-0.2, 0) is 5.60 Å². The third-order valence-corrected chi connectivity index (χ3v) is 5.03. The van der Waals surface area contributed by atoms with Gasteiger partial charge in [-0.2, -0.15) is 0 Å². The van der Waals surface area contributed by atoms with Crippen LogP contribution in [0.5, 0.6) is 0 Å². The highest BCUT2D eigenvalue weighted by Gasteiger charge is 2.38. The molecule has 0 aliphatic rings. The zero-order chi connectivity index (χ0) is 16.2. The van der Waals surface area contributed by atoms with Crippen molar-refractivity contribution in [3.8, 4) is 0 Å². The Hall–Kier alpha value is -1.42. The van der Waals surface area contributed by atoms with E-state index >= 15 is 0 Å². The lowest BCUT2D eigenvalue weighted by atomic mass is 9.80. The molecule has 1 N–H and O–H groups in total. The van der Waals surface area contributed by atoms with Gasteiger partial charge in [0.15, 0.2) is 0 Å². The van der Waals surface area contributed by atoms with E-state index in [1.165, 1.54) is 0 Å². The minimum absolute atomic E-state index is 0.0983. The molecular formula is C19H25NOS. The molecule has 0 bridgehead atoms. The van der Waals surface area contributed by atoms with E-state index in [1.807, 2.05) is 56.7 Å². The SMILES string of the molecule is C/C(=C\c1ccccc1)C(O)(c1cccs1)C(C)CN(C)C. The monoisotopic (exact) mass is 315 g/mol. The molecule has 0 amide bonds. The molecule has 0 fully saturated rings. The molecule has 1 heterocycles. The van der Waals surface area contributed by atoms with Crippen molar-refractivity contribution < 1.29 is 5.11 Å². The summed E-state index contributed by atoms with van der Waals surface area (Å²) < 4.78 is 0. The van der Waals surface area contributed by atoms with Crippen molar-refractivity contribution in [2.45, 2.75) is 19.4 Å². The van der Waals surface area contributed by atoms with Gasteiger partial charge in [0.1, 0.15) is 5.60 Å². The third kappa shape index (κ3) is 3.67. The predicted molar refractivity (Wildman–Crippen MR) is 96.0 cm³/mol. The molecule has 2 rings (SSSR count). The first-order valence-electron chi connectivity index (χ1n) is 7.59. The summed E-state index contributed by atoms with van der Waals surface area (Å²) in [7, 11) is 4.09. The first-order chi connectivity index (χ1) is 10.4. The van der Waals surface area contributed by atoms with Gasteiger partial charge >= 0.3 is 0 Å². The second-order valence-corrected chi connectivity index (χ2v) is 7.09. The van der Waals surface area contributed by atoms with Gasteiger partial charge in [0, 0.05) is 17.3 Å². The highest BCUT2D eigenvalue weighted by molar-refractivity contribution is 7.10. The maximum atomic E-state index is 11.5. The van der Waals surface area contributed by atoms with Crippen LogP contribution in [0.25, 0.3) is 6.08 Å². The zero-order valence-corrected chi connectivity index (χ0v) is 14.6. The van der Waals surface area contributed by atoms with Crippen LogP contribution >= 0.6 is 11.3 Å². The van der Waals surface area contributed by atoms with E-state index < -0.39 is 5.60 Å². The second kappa shape index (κ2) is 7.23. The quantitative estimate of drug-likeness (QED) is 0.862. The van der Waals surface area contributed by atoms with Crippen LogP contribution in [0.1, 0.15) is 24.3 Å². The summed E-state index contributed by atoms with van der Waals surface area (Å²) in [6.45, 7) is 4.97. The summed E-state index contributed by atoms with van der Waals surface area (Å²) >= 11 is 1.61. The van der Waals surface area contributed by atoms with Crippen LogP contribution in [0.3, 0.4) is 0 Å². The van der Waals surface area contributed by atoms with Crippen molar-refractivity contribution in [2.75, 3.05) is 20.6 Å². The minimum atomic E-state index is -0.936. The van der Waals surface area contributed by atoms with Crippen LogP contribution in [0.15, 0.2) is 53.4 Å². The number of thiophene rings is 1. The van der Waals surface area contributed by atoms with Crippen LogP contribution in [0, 0.1) is 5.92 Å². The van der Waals surface area contributed by atoms with Gasteiger partial charge in [-0.15, -0.1) is 11.3 Å². The van der Waals surface area contributed by atoms with E-state index in [-0.39, 0.29) is 5.92 Å². The van der Waals surface area contributed by atoms with Gasteiger partial charge in [-0.25, -0.2) is 0 Å². The van der Waals surface area contributed by atoms with Crippen molar-refractivity contribution in [3.63, 3.8) is 0 Å². The Kier molecular flexibility index (Phi) is 5.57. The molecule has 118 valence electrons. The van der Waals surface area contributed by atoms with Crippen LogP contribution in [0.4, 0.5) is 0 Å². The maximum absolute atomic E-state index is 11.5. The smallest absolute Gasteiger partial charge is 0.124 e. The van der Waals surface area contributed by atoms with Gasteiger partial charge in [-0.3, -0.25) is 0 Å².